The van der Waals surface area contributed by atoms with Crippen molar-refractivity contribution in [1.29, 1.82) is 0 Å². The van der Waals surface area contributed by atoms with E-state index in [1.54, 1.807) is 0 Å². The maximum Gasteiger partial charge on any atom is 0.227 e. The van der Waals surface area contributed by atoms with Gasteiger partial charge < -0.3 is 5.32 Å². The first-order valence-corrected chi connectivity index (χ1v) is 5.36. The molecule has 0 aliphatic heterocycles. The highest BCUT2D eigenvalue weighted by molar-refractivity contribution is 5.80. The van der Waals surface area contributed by atoms with E-state index in [1.165, 1.54) is 5.57 Å². The van der Waals surface area contributed by atoms with Gasteiger partial charge in [-0.2, -0.15) is 0 Å². The summed E-state index contributed by atoms with van der Waals surface area (Å²) < 4.78 is 0. The topological polar surface area (TPSA) is 29.1 Å². The Morgan fingerprint density at radius 1 is 1.64 bits per heavy atom. The van der Waals surface area contributed by atoms with E-state index >= 15 is 0 Å². The summed E-state index contributed by atoms with van der Waals surface area (Å²) in [6, 6.07) is 0. The van der Waals surface area contributed by atoms with Crippen molar-refractivity contribution < 1.29 is 4.79 Å². The van der Waals surface area contributed by atoms with Crippen LogP contribution in [0.2, 0.25) is 0 Å². The highest BCUT2D eigenvalue weighted by atomic mass is 16.1. The molecule has 0 aromatic rings. The van der Waals surface area contributed by atoms with Gasteiger partial charge in [0.1, 0.15) is 0 Å². The molecule has 78 valence electrons. The molecule has 1 unspecified atom stereocenters. The van der Waals surface area contributed by atoms with Crippen molar-refractivity contribution in [3.05, 3.63) is 23.8 Å². The Labute approximate surface area is 86.1 Å². The molecule has 0 radical (unpaired) electrons. The zero-order valence-corrected chi connectivity index (χ0v) is 9.05. The number of unbranched alkanes of at least 4 members (excludes halogenated alkanes) is 1. The van der Waals surface area contributed by atoms with Gasteiger partial charge >= 0.3 is 0 Å². The monoisotopic (exact) mass is 193 g/mol. The molecule has 1 aliphatic rings. The van der Waals surface area contributed by atoms with Gasteiger partial charge in [-0.1, -0.05) is 37.1 Å². The molecule has 0 spiro atoms. The lowest BCUT2D eigenvalue weighted by Gasteiger charge is -2.14. The van der Waals surface area contributed by atoms with Crippen molar-refractivity contribution in [3.63, 3.8) is 0 Å². The maximum absolute atomic E-state index is 11.6. The van der Waals surface area contributed by atoms with Crippen LogP contribution in [-0.4, -0.2) is 12.5 Å². The van der Waals surface area contributed by atoms with Crippen LogP contribution in [0.25, 0.3) is 0 Å². The van der Waals surface area contributed by atoms with Crippen LogP contribution >= 0.6 is 0 Å². The van der Waals surface area contributed by atoms with Gasteiger partial charge in [0.25, 0.3) is 0 Å². The standard InChI is InChI=1S/C12H19NO/c1-3-4-9-13-12(14)11-7-5-10(2)6-8-11/h5-7,11H,3-4,8-9H2,1-2H3,(H,13,14). The first kappa shape index (κ1) is 11.0. The number of carbonyl (C=O) groups excluding carboxylic acids is 1. The summed E-state index contributed by atoms with van der Waals surface area (Å²) in [5, 5.41) is 2.95. The Kier molecular flexibility index (Phi) is 4.44. The Bertz CT molecular complexity index is 253. The third-order valence-corrected chi connectivity index (χ3v) is 2.45. The van der Waals surface area contributed by atoms with E-state index in [2.05, 4.69) is 25.2 Å². The van der Waals surface area contributed by atoms with E-state index in [0.717, 1.165) is 25.8 Å². The fourth-order valence-corrected chi connectivity index (χ4v) is 1.44. The van der Waals surface area contributed by atoms with Crippen molar-refractivity contribution in [2.75, 3.05) is 6.54 Å². The lowest BCUT2D eigenvalue weighted by atomic mass is 9.96. The lowest BCUT2D eigenvalue weighted by Crippen LogP contribution is -2.30. The number of amides is 1. The third kappa shape index (κ3) is 3.36. The molecule has 2 nitrogen and oxygen atoms in total. The minimum absolute atomic E-state index is 0.0514. The highest BCUT2D eigenvalue weighted by Crippen LogP contribution is 2.15. The van der Waals surface area contributed by atoms with Crippen LogP contribution < -0.4 is 5.32 Å². The van der Waals surface area contributed by atoms with E-state index in [-0.39, 0.29) is 11.8 Å². The van der Waals surface area contributed by atoms with Gasteiger partial charge in [-0.25, -0.2) is 0 Å². The molecule has 0 bridgehead atoms. The quantitative estimate of drug-likeness (QED) is 0.683. The van der Waals surface area contributed by atoms with Crippen molar-refractivity contribution in [1.82, 2.24) is 5.32 Å². The summed E-state index contributed by atoms with van der Waals surface area (Å²) in [5.74, 6) is 0.217. The Hall–Kier alpha value is -1.05. The van der Waals surface area contributed by atoms with E-state index < -0.39 is 0 Å². The summed E-state index contributed by atoms with van der Waals surface area (Å²) in [7, 11) is 0. The van der Waals surface area contributed by atoms with Gasteiger partial charge in [-0.15, -0.1) is 0 Å². The molecule has 0 saturated heterocycles. The molecule has 1 N–H and O–H groups in total. The van der Waals surface area contributed by atoms with E-state index in [1.807, 2.05) is 12.2 Å². The molecule has 1 rings (SSSR count). The smallest absolute Gasteiger partial charge is 0.227 e. The number of hydrogen-bond donors (Lipinski definition) is 1. The molecule has 2 heteroatoms. The average Bonchev–Trinajstić information content (AvgIpc) is 2.19. The molecule has 0 aromatic heterocycles. The van der Waals surface area contributed by atoms with Gasteiger partial charge in [-0.3, -0.25) is 4.79 Å². The fourth-order valence-electron chi connectivity index (χ4n) is 1.44. The van der Waals surface area contributed by atoms with Crippen LogP contribution in [0.5, 0.6) is 0 Å². The normalized spacial score (nSPS) is 20.4. The van der Waals surface area contributed by atoms with Crippen LogP contribution in [0.4, 0.5) is 0 Å². The van der Waals surface area contributed by atoms with Crippen molar-refractivity contribution in [2.24, 2.45) is 5.92 Å². The van der Waals surface area contributed by atoms with Gasteiger partial charge in [-0.05, 0) is 19.8 Å². The van der Waals surface area contributed by atoms with Crippen LogP contribution in [-0.2, 0) is 4.79 Å². The predicted octanol–water partition coefficient (Wildman–Crippen LogP) is 2.43. The van der Waals surface area contributed by atoms with Crippen LogP contribution in [0.3, 0.4) is 0 Å². The van der Waals surface area contributed by atoms with Gasteiger partial charge in [0, 0.05) is 6.54 Å². The first-order chi connectivity index (χ1) is 6.74. The Balaban J connectivity index is 2.29. The molecular formula is C12H19NO. The molecule has 1 aliphatic carbocycles. The van der Waals surface area contributed by atoms with Crippen LogP contribution in [0, 0.1) is 5.92 Å². The summed E-state index contributed by atoms with van der Waals surface area (Å²) in [6.07, 6.45) is 9.17. The summed E-state index contributed by atoms with van der Waals surface area (Å²) in [5.41, 5.74) is 1.25. The second-order valence-electron chi connectivity index (χ2n) is 3.79. The molecule has 14 heavy (non-hydrogen) atoms. The van der Waals surface area contributed by atoms with E-state index in [0.29, 0.717) is 0 Å². The van der Waals surface area contributed by atoms with Crippen molar-refractivity contribution >= 4 is 5.91 Å². The second kappa shape index (κ2) is 5.63. The molecule has 0 fully saturated rings. The Morgan fingerprint density at radius 3 is 3.00 bits per heavy atom. The maximum atomic E-state index is 11.6. The van der Waals surface area contributed by atoms with Crippen molar-refractivity contribution in [2.45, 2.75) is 33.1 Å². The molecule has 1 atom stereocenters. The molecule has 1 amide bonds. The number of rotatable bonds is 4. The van der Waals surface area contributed by atoms with E-state index in [4.69, 9.17) is 0 Å². The number of hydrogen-bond acceptors (Lipinski definition) is 1. The summed E-state index contributed by atoms with van der Waals surface area (Å²) >= 11 is 0. The zero-order chi connectivity index (χ0) is 10.4. The SMILES string of the molecule is CCCCNC(=O)C1C=CC(C)=CC1. The van der Waals surface area contributed by atoms with Crippen LogP contribution in [0.15, 0.2) is 23.8 Å². The highest BCUT2D eigenvalue weighted by Gasteiger charge is 2.15. The minimum atomic E-state index is 0.0514. The van der Waals surface area contributed by atoms with Gasteiger partial charge in [0.05, 0.1) is 5.92 Å². The fraction of sp³-hybridized carbons (Fsp3) is 0.583. The van der Waals surface area contributed by atoms with Gasteiger partial charge in [0.15, 0.2) is 0 Å². The average molecular weight is 193 g/mol. The summed E-state index contributed by atoms with van der Waals surface area (Å²) in [6.45, 7) is 4.99. The number of allylic oxidation sites excluding steroid dienone is 3. The first-order valence-electron chi connectivity index (χ1n) is 5.36. The predicted molar refractivity (Wildman–Crippen MR) is 58.9 cm³/mol. The minimum Gasteiger partial charge on any atom is -0.356 e. The zero-order valence-electron chi connectivity index (χ0n) is 9.05. The molecule has 0 heterocycles. The largest absolute Gasteiger partial charge is 0.356 e. The number of nitrogens with one attached hydrogen (secondary N) is 1. The van der Waals surface area contributed by atoms with Crippen molar-refractivity contribution in [3.8, 4) is 0 Å². The molecule has 0 saturated carbocycles. The van der Waals surface area contributed by atoms with Gasteiger partial charge in [0.2, 0.25) is 5.91 Å². The second-order valence-corrected chi connectivity index (χ2v) is 3.79. The Morgan fingerprint density at radius 2 is 2.43 bits per heavy atom. The van der Waals surface area contributed by atoms with Crippen LogP contribution in [0.1, 0.15) is 33.1 Å². The summed E-state index contributed by atoms with van der Waals surface area (Å²) in [4.78, 5) is 11.6. The lowest BCUT2D eigenvalue weighted by molar-refractivity contribution is -0.123. The number of carbonyl (C=O) groups is 1. The van der Waals surface area contributed by atoms with E-state index in [9.17, 15) is 4.79 Å². The molecular weight excluding hydrogens is 174 g/mol. The third-order valence-electron chi connectivity index (χ3n) is 2.45. The molecule has 0 aromatic carbocycles.